The molecule has 3 heterocycles. The summed E-state index contributed by atoms with van der Waals surface area (Å²) in [4.78, 5) is 47.8. The number of amidine groups is 1. The van der Waals surface area contributed by atoms with Crippen LogP contribution in [0.5, 0.6) is 0 Å². The molecule has 3 aromatic rings. The maximum atomic E-state index is 12.6. The molecule has 1 atom stereocenters. The summed E-state index contributed by atoms with van der Waals surface area (Å²) in [5.41, 5.74) is 2.94. The number of aromatic nitrogens is 1. The molecular formula is C24H23N5O4S. The predicted octanol–water partition coefficient (Wildman–Crippen LogP) is 3.81. The van der Waals surface area contributed by atoms with Gasteiger partial charge in [0.15, 0.2) is 16.6 Å². The Labute approximate surface area is 200 Å². The molecule has 0 radical (unpaired) electrons. The first-order valence-electron chi connectivity index (χ1n) is 11.1. The number of aryl methyl sites for hydroxylation is 1. The zero-order chi connectivity index (χ0) is 23.7. The molecule has 9 nitrogen and oxygen atoms in total. The number of thioether (sulfide) groups is 1. The van der Waals surface area contributed by atoms with Gasteiger partial charge < -0.3 is 20.0 Å². The van der Waals surface area contributed by atoms with Gasteiger partial charge in [0.2, 0.25) is 5.91 Å². The van der Waals surface area contributed by atoms with E-state index in [1.165, 1.54) is 11.8 Å². The zero-order valence-corrected chi connectivity index (χ0v) is 19.4. The summed E-state index contributed by atoms with van der Waals surface area (Å²) in [7, 11) is 0. The Balaban J connectivity index is 1.15. The number of nitrogens with zero attached hydrogens (tertiary/aromatic N) is 3. The number of amides is 3. The second kappa shape index (κ2) is 9.30. The van der Waals surface area contributed by atoms with Crippen LogP contribution in [0.25, 0.3) is 11.1 Å². The highest BCUT2D eigenvalue weighted by atomic mass is 32.2. The van der Waals surface area contributed by atoms with Crippen molar-refractivity contribution in [1.29, 1.82) is 0 Å². The average molecular weight is 478 g/mol. The zero-order valence-electron chi connectivity index (χ0n) is 18.5. The van der Waals surface area contributed by atoms with Gasteiger partial charge in [0.25, 0.3) is 11.8 Å². The summed E-state index contributed by atoms with van der Waals surface area (Å²) in [5.74, 6) is -0.242. The summed E-state index contributed by atoms with van der Waals surface area (Å²) < 4.78 is 5.45. The van der Waals surface area contributed by atoms with Crippen molar-refractivity contribution in [3.8, 4) is 0 Å². The van der Waals surface area contributed by atoms with E-state index in [0.29, 0.717) is 33.9 Å². The van der Waals surface area contributed by atoms with Gasteiger partial charge in [0.05, 0.1) is 0 Å². The van der Waals surface area contributed by atoms with Crippen molar-refractivity contribution in [3.05, 3.63) is 53.9 Å². The maximum Gasteiger partial charge on any atom is 0.262 e. The Morgan fingerprint density at radius 3 is 2.59 bits per heavy atom. The highest BCUT2D eigenvalue weighted by Gasteiger charge is 2.33. The van der Waals surface area contributed by atoms with E-state index in [2.05, 4.69) is 25.5 Å². The molecule has 2 aliphatic heterocycles. The molecule has 10 heteroatoms. The van der Waals surface area contributed by atoms with Crippen LogP contribution in [0.2, 0.25) is 0 Å². The van der Waals surface area contributed by atoms with Gasteiger partial charge in [0.1, 0.15) is 10.8 Å². The molecule has 174 valence electrons. The summed E-state index contributed by atoms with van der Waals surface area (Å²) in [6.45, 7) is 3.58. The van der Waals surface area contributed by atoms with E-state index in [9.17, 15) is 14.4 Å². The van der Waals surface area contributed by atoms with Crippen molar-refractivity contribution in [2.75, 3.05) is 23.7 Å². The third-order valence-corrected chi connectivity index (χ3v) is 6.87. The van der Waals surface area contributed by atoms with Gasteiger partial charge in [-0.2, -0.15) is 4.99 Å². The van der Waals surface area contributed by atoms with Gasteiger partial charge in [0, 0.05) is 43.4 Å². The van der Waals surface area contributed by atoms with Crippen LogP contribution in [0.4, 0.5) is 11.4 Å². The molecule has 1 fully saturated rings. The Morgan fingerprint density at radius 2 is 1.82 bits per heavy atom. The largest absolute Gasteiger partial charge is 0.441 e. The molecule has 0 spiro atoms. The topological polar surface area (TPSA) is 117 Å². The lowest BCUT2D eigenvalue weighted by molar-refractivity contribution is -0.121. The third-order valence-electron chi connectivity index (χ3n) is 5.66. The Kier molecular flexibility index (Phi) is 6.06. The Bertz CT molecular complexity index is 1290. The van der Waals surface area contributed by atoms with Crippen LogP contribution in [0.1, 0.15) is 35.5 Å². The first kappa shape index (κ1) is 22.1. The van der Waals surface area contributed by atoms with Gasteiger partial charge in [-0.05, 0) is 55.3 Å². The van der Waals surface area contributed by atoms with Gasteiger partial charge in [-0.3, -0.25) is 14.4 Å². The summed E-state index contributed by atoms with van der Waals surface area (Å²) >= 11 is 1.37. The molecule has 5 rings (SSSR count). The minimum absolute atomic E-state index is 0.0522. The molecule has 2 N–H and O–H groups in total. The number of carbonyl (C=O) groups excluding carboxylic acids is 3. The number of oxazole rings is 1. The first-order chi connectivity index (χ1) is 16.4. The monoisotopic (exact) mass is 477 g/mol. The first-order valence-corrected chi connectivity index (χ1v) is 12.0. The van der Waals surface area contributed by atoms with E-state index in [4.69, 9.17) is 4.42 Å². The van der Waals surface area contributed by atoms with Crippen molar-refractivity contribution in [2.45, 2.75) is 31.4 Å². The van der Waals surface area contributed by atoms with Crippen molar-refractivity contribution < 1.29 is 18.8 Å². The fourth-order valence-corrected chi connectivity index (χ4v) is 5.08. The lowest BCUT2D eigenvalue weighted by Crippen LogP contribution is -2.25. The van der Waals surface area contributed by atoms with Gasteiger partial charge in [-0.1, -0.05) is 11.8 Å². The second-order valence-corrected chi connectivity index (χ2v) is 9.40. The van der Waals surface area contributed by atoms with E-state index in [-0.39, 0.29) is 24.1 Å². The van der Waals surface area contributed by atoms with Crippen molar-refractivity contribution in [3.63, 3.8) is 0 Å². The van der Waals surface area contributed by atoms with Gasteiger partial charge >= 0.3 is 0 Å². The molecule has 1 unspecified atom stereocenters. The molecule has 34 heavy (non-hydrogen) atoms. The summed E-state index contributed by atoms with van der Waals surface area (Å²) in [6.07, 6.45) is 2.25. The van der Waals surface area contributed by atoms with E-state index in [1.807, 2.05) is 0 Å². The number of hydrogen-bond donors (Lipinski definition) is 2. The smallest absolute Gasteiger partial charge is 0.262 e. The van der Waals surface area contributed by atoms with E-state index < -0.39 is 5.25 Å². The number of aliphatic imine (C=N–C) groups is 1. The van der Waals surface area contributed by atoms with Crippen LogP contribution in [0, 0.1) is 6.92 Å². The number of benzene rings is 2. The minimum Gasteiger partial charge on any atom is -0.441 e. The molecule has 1 saturated heterocycles. The van der Waals surface area contributed by atoms with Crippen LogP contribution in [0.15, 0.2) is 51.9 Å². The highest BCUT2D eigenvalue weighted by molar-refractivity contribution is 8.15. The SMILES string of the molecule is Cc1nc2cc(NC(=O)c3ccc(NC(=O)CC4SC(N5CCCC5)=NC4=O)cc3)ccc2o1. The van der Waals surface area contributed by atoms with E-state index >= 15 is 0 Å². The molecule has 0 bridgehead atoms. The number of nitrogens with one attached hydrogen (secondary N) is 2. The van der Waals surface area contributed by atoms with Crippen molar-refractivity contribution in [2.24, 2.45) is 4.99 Å². The summed E-state index contributed by atoms with van der Waals surface area (Å²) in [5, 5.41) is 5.86. The molecule has 0 saturated carbocycles. The standard InChI is InChI=1S/C24H23N5O4S/c1-14-25-18-12-17(8-9-19(18)33-14)27-22(31)15-4-6-16(7-5-15)26-21(30)13-20-23(32)28-24(34-20)29-10-2-3-11-29/h4-9,12,20H,2-3,10-11,13H2,1H3,(H,26,30)(H,27,31). The summed E-state index contributed by atoms with van der Waals surface area (Å²) in [6, 6.07) is 11.8. The normalized spacial score (nSPS) is 17.8. The maximum absolute atomic E-state index is 12.6. The number of hydrogen-bond acceptors (Lipinski definition) is 7. The van der Waals surface area contributed by atoms with Crippen molar-refractivity contribution >= 4 is 57.1 Å². The highest BCUT2D eigenvalue weighted by Crippen LogP contribution is 2.29. The number of carbonyl (C=O) groups is 3. The Hall–Kier alpha value is -3.66. The number of anilines is 2. The molecular weight excluding hydrogens is 454 g/mol. The molecule has 3 amide bonds. The quantitative estimate of drug-likeness (QED) is 0.574. The van der Waals surface area contributed by atoms with E-state index in [0.717, 1.165) is 31.1 Å². The third kappa shape index (κ3) is 4.81. The second-order valence-electron chi connectivity index (χ2n) is 8.23. The molecule has 2 aromatic carbocycles. The predicted molar refractivity (Wildman–Crippen MR) is 131 cm³/mol. The van der Waals surface area contributed by atoms with Crippen molar-refractivity contribution in [1.82, 2.24) is 9.88 Å². The fraction of sp³-hybridized carbons (Fsp3) is 0.292. The lowest BCUT2D eigenvalue weighted by atomic mass is 10.1. The number of rotatable bonds is 5. The van der Waals surface area contributed by atoms with Gasteiger partial charge in [-0.25, -0.2) is 4.98 Å². The minimum atomic E-state index is -0.494. The van der Waals surface area contributed by atoms with E-state index in [1.54, 1.807) is 49.4 Å². The van der Waals surface area contributed by atoms with Gasteiger partial charge in [-0.15, -0.1) is 0 Å². The van der Waals surface area contributed by atoms with Crippen LogP contribution in [-0.2, 0) is 9.59 Å². The number of fused-ring (bicyclic) bond motifs is 1. The fourth-order valence-electron chi connectivity index (χ4n) is 3.96. The van der Waals surface area contributed by atoms with Crippen LogP contribution >= 0.6 is 11.8 Å². The lowest BCUT2D eigenvalue weighted by Gasteiger charge is -2.16. The Morgan fingerprint density at radius 1 is 1.09 bits per heavy atom. The number of likely N-dealkylation sites (tertiary alicyclic amines) is 1. The molecule has 0 aliphatic carbocycles. The van der Waals surface area contributed by atoms with Crippen LogP contribution in [-0.4, -0.2) is 51.1 Å². The van der Waals surface area contributed by atoms with Crippen LogP contribution in [0.3, 0.4) is 0 Å². The van der Waals surface area contributed by atoms with Crippen LogP contribution < -0.4 is 10.6 Å². The molecule has 1 aromatic heterocycles. The average Bonchev–Trinajstić information content (AvgIpc) is 3.54. The molecule has 2 aliphatic rings.